The van der Waals surface area contributed by atoms with Crippen LogP contribution < -0.4 is 0 Å². The summed E-state index contributed by atoms with van der Waals surface area (Å²) in [4.78, 5) is 13.5. The summed E-state index contributed by atoms with van der Waals surface area (Å²) in [6, 6.07) is 5.88. The van der Waals surface area contributed by atoms with Crippen LogP contribution in [-0.2, 0) is 4.79 Å². The number of likely N-dealkylation sites (tertiary alicyclic amines) is 1. The van der Waals surface area contributed by atoms with E-state index in [1.807, 2.05) is 4.90 Å². The molecule has 2 N–H and O–H groups in total. The molecule has 0 radical (unpaired) electrons. The van der Waals surface area contributed by atoms with Crippen LogP contribution in [0.25, 0.3) is 0 Å². The Morgan fingerprint density at radius 2 is 1.61 bits per heavy atom. The van der Waals surface area contributed by atoms with Gasteiger partial charge in [-0.2, -0.15) is 0 Å². The van der Waals surface area contributed by atoms with Crippen LogP contribution in [0.5, 0.6) is 5.75 Å². The smallest absolute Gasteiger partial charge is 0.325 e. The number of hydrogen-bond donors (Lipinski definition) is 2. The zero-order chi connectivity index (χ0) is 13.0. The average Bonchev–Trinajstić information content (AvgIpc) is 2.60. The van der Waals surface area contributed by atoms with Gasteiger partial charge in [-0.1, -0.05) is 25.0 Å². The third kappa shape index (κ3) is 3.01. The molecular weight excluding hydrogens is 230 g/mol. The molecule has 0 aliphatic carbocycles. The molecule has 98 valence electrons. The molecule has 1 aromatic carbocycles. The van der Waals surface area contributed by atoms with E-state index in [0.717, 1.165) is 31.5 Å². The highest BCUT2D eigenvalue weighted by Crippen LogP contribution is 2.25. The molecule has 1 unspecified atom stereocenters. The maximum absolute atomic E-state index is 11.5. The zero-order valence-corrected chi connectivity index (χ0v) is 10.4. The Hall–Kier alpha value is -1.55. The summed E-state index contributed by atoms with van der Waals surface area (Å²) >= 11 is 0. The van der Waals surface area contributed by atoms with Crippen molar-refractivity contribution in [2.75, 3.05) is 13.1 Å². The van der Waals surface area contributed by atoms with Gasteiger partial charge in [0.15, 0.2) is 0 Å². The van der Waals surface area contributed by atoms with Gasteiger partial charge in [0.2, 0.25) is 0 Å². The summed E-state index contributed by atoms with van der Waals surface area (Å²) in [6.07, 6.45) is 4.47. The molecular formula is C14H19NO3. The largest absolute Gasteiger partial charge is 0.508 e. The van der Waals surface area contributed by atoms with E-state index in [1.54, 1.807) is 24.3 Å². The van der Waals surface area contributed by atoms with Crippen LogP contribution in [0.4, 0.5) is 0 Å². The number of carboxylic acids is 1. The number of phenols is 1. The number of nitrogens with zero attached hydrogens (tertiary/aromatic N) is 1. The van der Waals surface area contributed by atoms with Gasteiger partial charge in [-0.25, -0.2) is 0 Å². The van der Waals surface area contributed by atoms with Crippen molar-refractivity contribution in [2.45, 2.75) is 31.7 Å². The molecule has 18 heavy (non-hydrogen) atoms. The van der Waals surface area contributed by atoms with Crippen LogP contribution in [-0.4, -0.2) is 34.2 Å². The fourth-order valence-corrected chi connectivity index (χ4v) is 2.52. The molecule has 1 saturated heterocycles. The van der Waals surface area contributed by atoms with E-state index in [1.165, 1.54) is 12.8 Å². The number of benzene rings is 1. The third-order valence-electron chi connectivity index (χ3n) is 3.45. The van der Waals surface area contributed by atoms with E-state index in [2.05, 4.69) is 0 Å². The Morgan fingerprint density at radius 3 is 2.11 bits per heavy atom. The predicted molar refractivity (Wildman–Crippen MR) is 68.5 cm³/mol. The van der Waals surface area contributed by atoms with Crippen LogP contribution in [0.1, 0.15) is 37.3 Å². The topological polar surface area (TPSA) is 60.8 Å². The molecule has 0 spiro atoms. The van der Waals surface area contributed by atoms with Gasteiger partial charge in [0.1, 0.15) is 11.8 Å². The van der Waals surface area contributed by atoms with Crippen LogP contribution in [0.15, 0.2) is 24.3 Å². The number of rotatable bonds is 3. The molecule has 0 amide bonds. The molecule has 4 heteroatoms. The summed E-state index contributed by atoms with van der Waals surface area (Å²) < 4.78 is 0. The van der Waals surface area contributed by atoms with Crippen LogP contribution in [0, 0.1) is 0 Å². The summed E-state index contributed by atoms with van der Waals surface area (Å²) in [5, 5.41) is 18.7. The van der Waals surface area contributed by atoms with Crippen LogP contribution in [0.3, 0.4) is 0 Å². The lowest BCUT2D eigenvalue weighted by Gasteiger charge is -2.27. The lowest BCUT2D eigenvalue weighted by Crippen LogP contribution is -2.34. The minimum absolute atomic E-state index is 0.166. The zero-order valence-electron chi connectivity index (χ0n) is 10.4. The molecule has 1 aliphatic rings. The van der Waals surface area contributed by atoms with Crippen LogP contribution in [0.2, 0.25) is 0 Å². The number of carboxylic acid groups (broad SMARTS) is 1. The quantitative estimate of drug-likeness (QED) is 0.863. The Kier molecular flexibility index (Phi) is 4.20. The van der Waals surface area contributed by atoms with Crippen molar-refractivity contribution in [3.05, 3.63) is 29.8 Å². The molecule has 0 saturated carbocycles. The number of aromatic hydroxyl groups is 1. The normalized spacial score (nSPS) is 19.1. The van der Waals surface area contributed by atoms with Gasteiger partial charge in [-0.05, 0) is 43.6 Å². The highest BCUT2D eigenvalue weighted by atomic mass is 16.4. The van der Waals surface area contributed by atoms with E-state index < -0.39 is 12.0 Å². The van der Waals surface area contributed by atoms with Crippen molar-refractivity contribution in [1.29, 1.82) is 0 Å². The summed E-state index contributed by atoms with van der Waals surface area (Å²) in [5.41, 5.74) is 0.738. The SMILES string of the molecule is O=C(O)C(c1ccc(O)cc1)N1CCCCCC1. The van der Waals surface area contributed by atoms with Gasteiger partial charge in [-0.3, -0.25) is 9.69 Å². The number of hydrogen-bond acceptors (Lipinski definition) is 3. The average molecular weight is 249 g/mol. The van der Waals surface area contributed by atoms with Gasteiger partial charge in [0.05, 0.1) is 0 Å². The van der Waals surface area contributed by atoms with Gasteiger partial charge >= 0.3 is 5.97 Å². The molecule has 1 aliphatic heterocycles. The first-order valence-electron chi connectivity index (χ1n) is 6.44. The fourth-order valence-electron chi connectivity index (χ4n) is 2.52. The molecule has 2 rings (SSSR count). The molecule has 0 bridgehead atoms. The van der Waals surface area contributed by atoms with E-state index >= 15 is 0 Å². The second-order valence-corrected chi connectivity index (χ2v) is 4.78. The first-order chi connectivity index (χ1) is 8.68. The van der Waals surface area contributed by atoms with E-state index in [0.29, 0.717) is 0 Å². The van der Waals surface area contributed by atoms with Gasteiger partial charge in [-0.15, -0.1) is 0 Å². The highest BCUT2D eigenvalue weighted by molar-refractivity contribution is 5.75. The lowest BCUT2D eigenvalue weighted by molar-refractivity contribution is -0.143. The monoisotopic (exact) mass is 249 g/mol. The van der Waals surface area contributed by atoms with Crippen LogP contribution >= 0.6 is 0 Å². The van der Waals surface area contributed by atoms with Crippen molar-refractivity contribution in [3.63, 3.8) is 0 Å². The molecule has 4 nitrogen and oxygen atoms in total. The second-order valence-electron chi connectivity index (χ2n) is 4.78. The van der Waals surface area contributed by atoms with Crippen molar-refractivity contribution < 1.29 is 15.0 Å². The van der Waals surface area contributed by atoms with Crippen molar-refractivity contribution >= 4 is 5.97 Å². The molecule has 1 aromatic rings. The summed E-state index contributed by atoms with van der Waals surface area (Å²) in [7, 11) is 0. The fraction of sp³-hybridized carbons (Fsp3) is 0.500. The Bertz CT molecular complexity index is 394. The lowest BCUT2D eigenvalue weighted by atomic mass is 10.0. The highest BCUT2D eigenvalue weighted by Gasteiger charge is 2.27. The molecule has 0 aromatic heterocycles. The predicted octanol–water partition coefficient (Wildman–Crippen LogP) is 2.39. The van der Waals surface area contributed by atoms with Gasteiger partial charge < -0.3 is 10.2 Å². The number of phenolic OH excluding ortho intramolecular Hbond substituents is 1. The number of aliphatic carboxylic acids is 1. The Morgan fingerprint density at radius 1 is 1.06 bits per heavy atom. The maximum atomic E-state index is 11.5. The minimum atomic E-state index is -0.817. The van der Waals surface area contributed by atoms with E-state index in [9.17, 15) is 15.0 Å². The second kappa shape index (κ2) is 5.87. The van der Waals surface area contributed by atoms with Crippen molar-refractivity contribution in [1.82, 2.24) is 4.90 Å². The third-order valence-corrected chi connectivity index (χ3v) is 3.45. The standard InChI is InChI=1S/C14H19NO3/c16-12-7-5-11(6-8-12)13(14(17)18)15-9-3-1-2-4-10-15/h5-8,13,16H,1-4,9-10H2,(H,17,18). The van der Waals surface area contributed by atoms with E-state index in [4.69, 9.17) is 0 Å². The first-order valence-corrected chi connectivity index (χ1v) is 6.44. The summed E-state index contributed by atoms with van der Waals surface area (Å²) in [6.45, 7) is 1.66. The molecule has 1 fully saturated rings. The number of carbonyl (C=O) groups is 1. The minimum Gasteiger partial charge on any atom is -0.508 e. The maximum Gasteiger partial charge on any atom is 0.325 e. The first kappa shape index (κ1) is 12.9. The van der Waals surface area contributed by atoms with Gasteiger partial charge in [0.25, 0.3) is 0 Å². The summed E-state index contributed by atoms with van der Waals surface area (Å²) in [5.74, 6) is -0.652. The van der Waals surface area contributed by atoms with Gasteiger partial charge in [0, 0.05) is 0 Å². The molecule has 1 heterocycles. The molecule has 1 atom stereocenters. The Labute approximate surface area is 107 Å². The van der Waals surface area contributed by atoms with Crippen molar-refractivity contribution in [3.8, 4) is 5.75 Å². The Balaban J connectivity index is 2.21. The van der Waals surface area contributed by atoms with E-state index in [-0.39, 0.29) is 5.75 Å². The van der Waals surface area contributed by atoms with Crippen molar-refractivity contribution in [2.24, 2.45) is 0 Å².